The summed E-state index contributed by atoms with van der Waals surface area (Å²) >= 11 is 5.48. The number of carbonyl (C=O) groups is 1. The van der Waals surface area contributed by atoms with Crippen molar-refractivity contribution in [3.8, 4) is 5.88 Å². The molecule has 1 unspecified atom stereocenters. The smallest absolute Gasteiger partial charge is 0.304 e. The molecule has 2 aromatic heterocycles. The minimum absolute atomic E-state index is 0.268. The van der Waals surface area contributed by atoms with Crippen LogP contribution in [0.25, 0.3) is 0 Å². The molecule has 0 saturated heterocycles. The molecular weight excluding hydrogens is 451 g/mol. The van der Waals surface area contributed by atoms with Crippen LogP contribution in [-0.4, -0.2) is 38.6 Å². The van der Waals surface area contributed by atoms with Gasteiger partial charge in [0.1, 0.15) is 29.3 Å². The lowest BCUT2D eigenvalue weighted by atomic mass is 10.3. The maximum Gasteiger partial charge on any atom is 0.304 e. The number of nitrogens with one attached hydrogen (secondary N) is 2. The van der Waals surface area contributed by atoms with Crippen LogP contribution in [-0.2, 0) is 0 Å². The van der Waals surface area contributed by atoms with Crippen molar-refractivity contribution in [2.45, 2.75) is 12.8 Å². The van der Waals surface area contributed by atoms with Gasteiger partial charge in [-0.15, -0.1) is 0 Å². The SMILES string of the molecule is O=C(Nc1cncnc1OC(F)C(F)F)c1ccnc(Nc2cc(F)c(Cl)cc2F)n1. The van der Waals surface area contributed by atoms with E-state index in [1.165, 1.54) is 6.07 Å². The molecule has 3 aromatic rings. The number of ether oxygens (including phenoxy) is 1. The lowest BCUT2D eigenvalue weighted by molar-refractivity contribution is -0.0687. The standard InChI is InChI=1S/C17H10ClF5N6O2/c18-7-3-9(20)11(4-8(7)19)29-17-25-2-1-10(28-17)15(30)27-12-5-24-6-26-16(12)31-14(23)13(21)22/h1-6,13-14H,(H,27,30)(H,25,28,29). The quantitative estimate of drug-likeness (QED) is 0.403. The predicted molar refractivity (Wildman–Crippen MR) is 98.2 cm³/mol. The Morgan fingerprint density at radius 1 is 1.10 bits per heavy atom. The maximum atomic E-state index is 13.9. The molecule has 14 heteroatoms. The molecular formula is C17H10ClF5N6O2. The van der Waals surface area contributed by atoms with E-state index in [-0.39, 0.29) is 23.0 Å². The first kappa shape index (κ1) is 22.1. The summed E-state index contributed by atoms with van der Waals surface area (Å²) in [4.78, 5) is 27.1. The van der Waals surface area contributed by atoms with E-state index in [9.17, 15) is 26.7 Å². The lowest BCUT2D eigenvalue weighted by Gasteiger charge is -2.13. The van der Waals surface area contributed by atoms with Crippen molar-refractivity contribution in [2.24, 2.45) is 0 Å². The average Bonchev–Trinajstić information content (AvgIpc) is 2.73. The first-order valence-corrected chi connectivity index (χ1v) is 8.57. The summed E-state index contributed by atoms with van der Waals surface area (Å²) in [5.74, 6) is -3.60. The zero-order valence-corrected chi connectivity index (χ0v) is 15.7. The molecule has 8 nitrogen and oxygen atoms in total. The van der Waals surface area contributed by atoms with Crippen molar-refractivity contribution in [3.63, 3.8) is 0 Å². The average molecular weight is 461 g/mol. The monoisotopic (exact) mass is 460 g/mol. The third-order valence-electron chi connectivity index (χ3n) is 3.49. The Bertz CT molecular complexity index is 1110. The molecule has 0 saturated carbocycles. The van der Waals surface area contributed by atoms with E-state index in [1.807, 2.05) is 0 Å². The zero-order valence-electron chi connectivity index (χ0n) is 15.0. The largest absolute Gasteiger partial charge is 0.435 e. The molecule has 0 bridgehead atoms. The first-order chi connectivity index (χ1) is 14.7. The van der Waals surface area contributed by atoms with Crippen LogP contribution in [0.4, 0.5) is 39.3 Å². The number of nitrogens with zero attached hydrogens (tertiary/aromatic N) is 4. The van der Waals surface area contributed by atoms with E-state index in [4.69, 9.17) is 11.6 Å². The molecule has 2 N–H and O–H groups in total. The van der Waals surface area contributed by atoms with Gasteiger partial charge in [0.05, 0.1) is 16.9 Å². The van der Waals surface area contributed by atoms with Gasteiger partial charge in [-0.05, 0) is 12.1 Å². The summed E-state index contributed by atoms with van der Waals surface area (Å²) in [6.45, 7) is 0. The second kappa shape index (κ2) is 9.47. The van der Waals surface area contributed by atoms with E-state index in [0.29, 0.717) is 0 Å². The first-order valence-electron chi connectivity index (χ1n) is 8.19. The van der Waals surface area contributed by atoms with E-state index in [1.54, 1.807) is 0 Å². The highest BCUT2D eigenvalue weighted by Gasteiger charge is 2.24. The number of carbonyl (C=O) groups excluding carboxylic acids is 1. The highest BCUT2D eigenvalue weighted by Crippen LogP contribution is 2.25. The van der Waals surface area contributed by atoms with Crippen molar-refractivity contribution in [1.29, 1.82) is 0 Å². The Kier molecular flexibility index (Phi) is 6.74. The number of aromatic nitrogens is 4. The van der Waals surface area contributed by atoms with Gasteiger partial charge in [-0.2, -0.15) is 9.37 Å². The van der Waals surface area contributed by atoms with Crippen molar-refractivity contribution < 1.29 is 31.5 Å². The van der Waals surface area contributed by atoms with Crippen molar-refractivity contribution in [1.82, 2.24) is 19.9 Å². The molecule has 1 aromatic carbocycles. The second-order valence-corrected chi connectivity index (χ2v) is 6.04. The van der Waals surface area contributed by atoms with Crippen molar-refractivity contribution in [3.05, 3.63) is 59.3 Å². The van der Waals surface area contributed by atoms with Gasteiger partial charge in [0, 0.05) is 12.3 Å². The Morgan fingerprint density at radius 3 is 2.61 bits per heavy atom. The van der Waals surface area contributed by atoms with E-state index < -0.39 is 41.2 Å². The van der Waals surface area contributed by atoms with E-state index >= 15 is 0 Å². The highest BCUT2D eigenvalue weighted by molar-refractivity contribution is 6.30. The summed E-state index contributed by atoms with van der Waals surface area (Å²) in [5.41, 5.74) is -0.921. The number of amides is 1. The van der Waals surface area contributed by atoms with E-state index in [2.05, 4.69) is 35.3 Å². The summed E-state index contributed by atoms with van der Waals surface area (Å²) in [7, 11) is 0. The van der Waals surface area contributed by atoms with Gasteiger partial charge in [0.25, 0.3) is 12.3 Å². The van der Waals surface area contributed by atoms with Gasteiger partial charge in [-0.1, -0.05) is 11.6 Å². The minimum atomic E-state index is -3.44. The zero-order chi connectivity index (χ0) is 22.5. The summed E-state index contributed by atoms with van der Waals surface area (Å²) < 4.78 is 69.7. The fourth-order valence-corrected chi connectivity index (χ4v) is 2.28. The number of anilines is 3. The topological polar surface area (TPSA) is 102 Å². The fraction of sp³-hybridized carbons (Fsp3) is 0.118. The summed E-state index contributed by atoms with van der Waals surface area (Å²) in [5, 5.41) is 4.18. The number of halogens is 6. The molecule has 0 radical (unpaired) electrons. The van der Waals surface area contributed by atoms with Gasteiger partial charge >= 0.3 is 6.43 Å². The number of hydrogen-bond acceptors (Lipinski definition) is 7. The van der Waals surface area contributed by atoms with Gasteiger partial charge in [0.15, 0.2) is 0 Å². The van der Waals surface area contributed by atoms with Crippen LogP contribution < -0.4 is 15.4 Å². The van der Waals surface area contributed by atoms with Crippen LogP contribution in [0, 0.1) is 11.6 Å². The molecule has 1 amide bonds. The van der Waals surface area contributed by atoms with Crippen LogP contribution >= 0.6 is 11.6 Å². The summed E-state index contributed by atoms with van der Waals surface area (Å²) in [6.07, 6.45) is -3.38. The molecule has 2 heterocycles. The summed E-state index contributed by atoms with van der Waals surface area (Å²) in [6, 6.07) is 2.68. The molecule has 3 rings (SSSR count). The molecule has 0 aliphatic heterocycles. The Hall–Kier alpha value is -3.61. The molecule has 0 aliphatic carbocycles. The van der Waals surface area contributed by atoms with Crippen LogP contribution in [0.5, 0.6) is 5.88 Å². The van der Waals surface area contributed by atoms with Gasteiger partial charge in [-0.3, -0.25) is 4.79 Å². The molecule has 1 atom stereocenters. The maximum absolute atomic E-state index is 13.9. The lowest BCUT2D eigenvalue weighted by Crippen LogP contribution is -2.22. The Labute approximate surface area is 175 Å². The van der Waals surface area contributed by atoms with Crippen LogP contribution in [0.1, 0.15) is 10.5 Å². The second-order valence-electron chi connectivity index (χ2n) is 5.64. The third-order valence-corrected chi connectivity index (χ3v) is 3.78. The van der Waals surface area contributed by atoms with Crippen LogP contribution in [0.3, 0.4) is 0 Å². The molecule has 0 fully saturated rings. The number of benzene rings is 1. The van der Waals surface area contributed by atoms with Crippen molar-refractivity contribution in [2.75, 3.05) is 10.6 Å². The van der Waals surface area contributed by atoms with Crippen LogP contribution in [0.15, 0.2) is 36.9 Å². The van der Waals surface area contributed by atoms with Crippen molar-refractivity contribution >= 4 is 34.8 Å². The van der Waals surface area contributed by atoms with Gasteiger partial charge in [0.2, 0.25) is 11.8 Å². The molecule has 0 spiro atoms. The molecule has 0 aliphatic rings. The highest BCUT2D eigenvalue weighted by atomic mass is 35.5. The van der Waals surface area contributed by atoms with Gasteiger partial charge < -0.3 is 15.4 Å². The number of rotatable bonds is 7. The predicted octanol–water partition coefficient (Wildman–Crippen LogP) is 4.13. The van der Waals surface area contributed by atoms with E-state index in [0.717, 1.165) is 30.9 Å². The third kappa shape index (κ3) is 5.51. The molecule has 31 heavy (non-hydrogen) atoms. The number of hydrogen-bond donors (Lipinski definition) is 2. The van der Waals surface area contributed by atoms with Gasteiger partial charge in [-0.25, -0.2) is 32.5 Å². The van der Waals surface area contributed by atoms with Crippen LogP contribution in [0.2, 0.25) is 5.02 Å². The minimum Gasteiger partial charge on any atom is -0.435 e. The normalized spacial score (nSPS) is 11.8. The number of alkyl halides is 3. The Balaban J connectivity index is 1.78. The Morgan fingerprint density at radius 2 is 1.87 bits per heavy atom. The molecule has 162 valence electrons. The fourth-order valence-electron chi connectivity index (χ4n) is 2.13.